The average Bonchev–Trinajstić information content (AvgIpc) is 2.83. The molecule has 2 rings (SSSR count). The third-order valence-electron chi connectivity index (χ3n) is 3.64. The Balaban J connectivity index is 1.57. The quantitative estimate of drug-likeness (QED) is 0.786. The van der Waals surface area contributed by atoms with Crippen molar-refractivity contribution in [3.63, 3.8) is 0 Å². The normalized spacial score (nSPS) is 30.2. The lowest BCUT2D eigenvalue weighted by molar-refractivity contribution is -0.0733. The highest BCUT2D eigenvalue weighted by Gasteiger charge is 2.26. The zero-order chi connectivity index (χ0) is 12.8. The van der Waals surface area contributed by atoms with Crippen LogP contribution in [0.3, 0.4) is 0 Å². The summed E-state index contributed by atoms with van der Waals surface area (Å²) < 4.78 is 17.2. The summed E-state index contributed by atoms with van der Waals surface area (Å²) in [6.07, 6.45) is 5.41. The first kappa shape index (κ1) is 14.3. The van der Waals surface area contributed by atoms with Crippen LogP contribution in [0.25, 0.3) is 0 Å². The Labute approximate surface area is 110 Å². The first-order valence-corrected chi connectivity index (χ1v) is 7.32. The van der Waals surface area contributed by atoms with Gasteiger partial charge in [-0.1, -0.05) is 13.8 Å². The van der Waals surface area contributed by atoms with Crippen LogP contribution in [0.4, 0.5) is 0 Å². The first-order valence-electron chi connectivity index (χ1n) is 7.32. The third-order valence-corrected chi connectivity index (χ3v) is 3.64. The first-order chi connectivity index (χ1) is 8.74. The summed E-state index contributed by atoms with van der Waals surface area (Å²) in [6, 6.07) is 0.533. The summed E-state index contributed by atoms with van der Waals surface area (Å²) in [5.74, 6) is 0. The van der Waals surface area contributed by atoms with Gasteiger partial charge in [-0.3, -0.25) is 0 Å². The number of hydrogen-bond acceptors (Lipinski definition) is 4. The molecule has 0 aliphatic carbocycles. The maximum absolute atomic E-state index is 5.98. The van der Waals surface area contributed by atoms with Gasteiger partial charge in [0.05, 0.1) is 24.9 Å². The van der Waals surface area contributed by atoms with Gasteiger partial charge in [0.25, 0.3) is 0 Å². The topological polar surface area (TPSA) is 39.7 Å². The molecule has 0 spiro atoms. The minimum Gasteiger partial charge on any atom is -0.381 e. The van der Waals surface area contributed by atoms with Crippen molar-refractivity contribution in [3.8, 4) is 0 Å². The molecule has 4 heteroatoms. The van der Waals surface area contributed by atoms with E-state index in [0.29, 0.717) is 24.4 Å². The van der Waals surface area contributed by atoms with Gasteiger partial charge >= 0.3 is 0 Å². The summed E-state index contributed by atoms with van der Waals surface area (Å²) >= 11 is 0. The highest BCUT2D eigenvalue weighted by molar-refractivity contribution is 4.76. The summed E-state index contributed by atoms with van der Waals surface area (Å²) in [4.78, 5) is 0. The van der Waals surface area contributed by atoms with Gasteiger partial charge < -0.3 is 19.5 Å². The van der Waals surface area contributed by atoms with Crippen molar-refractivity contribution in [2.75, 3.05) is 26.4 Å². The van der Waals surface area contributed by atoms with Gasteiger partial charge in [-0.2, -0.15) is 0 Å². The van der Waals surface area contributed by atoms with Gasteiger partial charge in [-0.15, -0.1) is 0 Å². The number of rotatable bonds is 6. The molecule has 4 nitrogen and oxygen atoms in total. The van der Waals surface area contributed by atoms with E-state index in [1.165, 1.54) is 0 Å². The van der Waals surface area contributed by atoms with E-state index in [2.05, 4.69) is 19.2 Å². The largest absolute Gasteiger partial charge is 0.381 e. The van der Waals surface area contributed by atoms with E-state index in [0.717, 1.165) is 52.0 Å². The van der Waals surface area contributed by atoms with Crippen molar-refractivity contribution in [1.82, 2.24) is 5.32 Å². The summed E-state index contributed by atoms with van der Waals surface area (Å²) in [5, 5.41) is 3.43. The fourth-order valence-electron chi connectivity index (χ4n) is 2.51. The van der Waals surface area contributed by atoms with Crippen LogP contribution in [0.2, 0.25) is 0 Å². The van der Waals surface area contributed by atoms with E-state index in [1.807, 2.05) is 0 Å². The zero-order valence-electron chi connectivity index (χ0n) is 11.7. The highest BCUT2D eigenvalue weighted by Crippen LogP contribution is 2.21. The molecule has 2 atom stereocenters. The predicted molar refractivity (Wildman–Crippen MR) is 70.8 cm³/mol. The fourth-order valence-corrected chi connectivity index (χ4v) is 2.51. The fraction of sp³-hybridized carbons (Fsp3) is 1.00. The van der Waals surface area contributed by atoms with E-state index in [-0.39, 0.29) is 0 Å². The molecule has 0 amide bonds. The molecule has 0 radical (unpaired) electrons. The van der Waals surface area contributed by atoms with Crippen molar-refractivity contribution in [1.29, 1.82) is 0 Å². The number of nitrogens with one attached hydrogen (secondary N) is 1. The molecule has 2 fully saturated rings. The van der Waals surface area contributed by atoms with Crippen LogP contribution >= 0.6 is 0 Å². The van der Waals surface area contributed by atoms with Gasteiger partial charge in [-0.05, 0) is 25.7 Å². The smallest absolute Gasteiger partial charge is 0.0814 e. The maximum atomic E-state index is 5.98. The van der Waals surface area contributed by atoms with Crippen LogP contribution < -0.4 is 5.32 Å². The van der Waals surface area contributed by atoms with Gasteiger partial charge in [0.15, 0.2) is 0 Å². The van der Waals surface area contributed by atoms with Crippen LogP contribution in [0, 0.1) is 0 Å². The van der Waals surface area contributed by atoms with E-state index < -0.39 is 0 Å². The minimum absolute atomic E-state index is 0.298. The molecule has 106 valence electrons. The maximum Gasteiger partial charge on any atom is 0.0814 e. The lowest BCUT2D eigenvalue weighted by atomic mass is 10.1. The van der Waals surface area contributed by atoms with Gasteiger partial charge in [0.2, 0.25) is 0 Å². The molecular weight excluding hydrogens is 230 g/mol. The average molecular weight is 257 g/mol. The Morgan fingerprint density at radius 3 is 2.56 bits per heavy atom. The van der Waals surface area contributed by atoms with E-state index in [9.17, 15) is 0 Å². The Kier molecular flexibility index (Phi) is 5.89. The second-order valence-electron chi connectivity index (χ2n) is 5.67. The van der Waals surface area contributed by atoms with E-state index in [4.69, 9.17) is 14.2 Å². The Morgan fingerprint density at radius 2 is 1.83 bits per heavy atom. The Hall–Kier alpha value is -0.160. The minimum atomic E-state index is 0.298. The molecule has 2 saturated heterocycles. The van der Waals surface area contributed by atoms with Crippen LogP contribution in [0.5, 0.6) is 0 Å². The molecule has 2 unspecified atom stereocenters. The van der Waals surface area contributed by atoms with Crippen LogP contribution in [0.1, 0.15) is 39.5 Å². The number of ether oxygens (including phenoxy) is 3. The molecule has 0 aromatic rings. The van der Waals surface area contributed by atoms with E-state index >= 15 is 0 Å². The van der Waals surface area contributed by atoms with Gasteiger partial charge in [0, 0.05) is 25.8 Å². The molecule has 0 aromatic heterocycles. The van der Waals surface area contributed by atoms with Crippen LogP contribution in [0.15, 0.2) is 0 Å². The lowest BCUT2D eigenvalue weighted by Gasteiger charge is -2.24. The molecular formula is C14H27NO3. The second-order valence-corrected chi connectivity index (χ2v) is 5.67. The monoisotopic (exact) mass is 257 g/mol. The molecule has 1 N–H and O–H groups in total. The highest BCUT2D eigenvalue weighted by atomic mass is 16.6. The zero-order valence-corrected chi connectivity index (χ0v) is 11.7. The lowest BCUT2D eigenvalue weighted by Crippen LogP contribution is -2.33. The van der Waals surface area contributed by atoms with Gasteiger partial charge in [0.1, 0.15) is 0 Å². The van der Waals surface area contributed by atoms with Crippen molar-refractivity contribution in [3.05, 3.63) is 0 Å². The molecule has 0 aromatic carbocycles. The molecule has 2 aliphatic rings. The van der Waals surface area contributed by atoms with Crippen LogP contribution in [-0.4, -0.2) is 50.7 Å². The Morgan fingerprint density at radius 1 is 1.11 bits per heavy atom. The van der Waals surface area contributed by atoms with Gasteiger partial charge in [-0.25, -0.2) is 0 Å². The van der Waals surface area contributed by atoms with Crippen molar-refractivity contribution in [2.45, 2.75) is 63.9 Å². The van der Waals surface area contributed by atoms with Crippen molar-refractivity contribution < 1.29 is 14.2 Å². The predicted octanol–water partition coefficient (Wildman–Crippen LogP) is 1.73. The molecule has 0 saturated carbocycles. The molecule has 2 heterocycles. The standard InChI is InChI=1S/C14H27NO3/c1-11(2)15-9-13-3-4-14(18-13)10-17-12-5-7-16-8-6-12/h11-15H,3-10H2,1-2H3. The SMILES string of the molecule is CC(C)NCC1CCC(COC2CCOCC2)O1. The molecule has 0 bridgehead atoms. The third kappa shape index (κ3) is 4.84. The van der Waals surface area contributed by atoms with E-state index in [1.54, 1.807) is 0 Å². The summed E-state index contributed by atoms with van der Waals surface area (Å²) in [6.45, 7) is 7.74. The number of hydrogen-bond donors (Lipinski definition) is 1. The van der Waals surface area contributed by atoms with Crippen molar-refractivity contribution >= 4 is 0 Å². The van der Waals surface area contributed by atoms with Crippen LogP contribution in [-0.2, 0) is 14.2 Å². The molecule has 2 aliphatic heterocycles. The molecule has 18 heavy (non-hydrogen) atoms. The summed E-state index contributed by atoms with van der Waals surface area (Å²) in [5.41, 5.74) is 0. The Bertz CT molecular complexity index is 229. The van der Waals surface area contributed by atoms with Crippen molar-refractivity contribution in [2.24, 2.45) is 0 Å². The second kappa shape index (κ2) is 7.43. The summed E-state index contributed by atoms with van der Waals surface area (Å²) in [7, 11) is 0.